The molecule has 154 valence electrons. The van der Waals surface area contributed by atoms with Crippen LogP contribution in [0.4, 0.5) is 0 Å². The number of guanidine groups is 1. The second-order valence-electron chi connectivity index (χ2n) is 7.58. The number of benzene rings is 1. The van der Waals surface area contributed by atoms with Crippen molar-refractivity contribution in [3.05, 3.63) is 66.0 Å². The number of carbonyl (C=O) groups is 1. The summed E-state index contributed by atoms with van der Waals surface area (Å²) in [4.78, 5) is 25.2. The molecule has 1 aromatic carbocycles. The number of amides is 1. The highest BCUT2D eigenvalue weighted by Crippen LogP contribution is 2.20. The summed E-state index contributed by atoms with van der Waals surface area (Å²) in [6.07, 6.45) is 4.77. The first-order valence-electron chi connectivity index (χ1n) is 10.3. The van der Waals surface area contributed by atoms with Crippen molar-refractivity contribution in [3.8, 4) is 0 Å². The molecule has 1 saturated heterocycles. The fraction of sp³-hybridized carbons (Fsp3) is 0.435. The molecule has 1 aliphatic rings. The lowest BCUT2D eigenvalue weighted by molar-refractivity contribution is -0.128. The van der Waals surface area contributed by atoms with Gasteiger partial charge in [-0.25, -0.2) is 0 Å². The minimum absolute atomic E-state index is 0.0575. The number of pyridine rings is 1. The molecule has 0 saturated carbocycles. The molecule has 2 aromatic rings. The van der Waals surface area contributed by atoms with Crippen LogP contribution in [-0.4, -0.2) is 66.9 Å². The van der Waals surface area contributed by atoms with E-state index >= 15 is 0 Å². The maximum absolute atomic E-state index is 12.5. The highest BCUT2D eigenvalue weighted by molar-refractivity contribution is 5.86. The average Bonchev–Trinajstić information content (AvgIpc) is 3.22. The van der Waals surface area contributed by atoms with Crippen LogP contribution in [0.1, 0.15) is 17.7 Å². The van der Waals surface area contributed by atoms with Crippen molar-refractivity contribution in [1.29, 1.82) is 0 Å². The Hall–Kier alpha value is -2.89. The quantitative estimate of drug-likeness (QED) is 0.579. The van der Waals surface area contributed by atoms with Gasteiger partial charge < -0.3 is 15.1 Å². The number of nitrogens with one attached hydrogen (secondary N) is 1. The van der Waals surface area contributed by atoms with Crippen LogP contribution in [-0.2, 0) is 17.6 Å². The number of aromatic nitrogens is 1. The third-order valence-corrected chi connectivity index (χ3v) is 5.42. The van der Waals surface area contributed by atoms with Gasteiger partial charge in [-0.15, -0.1) is 0 Å². The number of hydrogen-bond acceptors (Lipinski definition) is 3. The molecular weight excluding hydrogens is 362 g/mol. The molecule has 1 aliphatic heterocycles. The number of likely N-dealkylation sites (N-methyl/N-ethyl adjacent to an activating group) is 1. The van der Waals surface area contributed by atoms with Crippen LogP contribution in [0.5, 0.6) is 0 Å². The molecule has 0 spiro atoms. The molecule has 1 fully saturated rings. The monoisotopic (exact) mass is 393 g/mol. The van der Waals surface area contributed by atoms with Crippen molar-refractivity contribution in [2.75, 3.05) is 40.3 Å². The van der Waals surface area contributed by atoms with E-state index in [9.17, 15) is 4.79 Å². The number of likely N-dealkylation sites (tertiary alicyclic amines) is 1. The van der Waals surface area contributed by atoms with Gasteiger partial charge in [-0.05, 0) is 36.5 Å². The van der Waals surface area contributed by atoms with Gasteiger partial charge in [0.15, 0.2) is 5.96 Å². The normalized spacial score (nSPS) is 16.7. The Morgan fingerprint density at radius 2 is 2.03 bits per heavy atom. The fourth-order valence-corrected chi connectivity index (χ4v) is 3.71. The predicted molar refractivity (Wildman–Crippen MR) is 117 cm³/mol. The molecule has 2 heterocycles. The Morgan fingerprint density at radius 1 is 1.24 bits per heavy atom. The first-order valence-corrected chi connectivity index (χ1v) is 10.3. The molecule has 6 heteroatoms. The van der Waals surface area contributed by atoms with Crippen LogP contribution in [0, 0.1) is 5.92 Å². The zero-order chi connectivity index (χ0) is 20.5. The number of rotatable bonds is 7. The largest absolute Gasteiger partial charge is 0.347 e. The molecule has 1 atom stereocenters. The summed E-state index contributed by atoms with van der Waals surface area (Å²) in [6, 6.07) is 16.5. The molecular formula is C23H31N5O. The van der Waals surface area contributed by atoms with E-state index < -0.39 is 0 Å². The van der Waals surface area contributed by atoms with E-state index in [1.54, 1.807) is 18.1 Å². The lowest BCUT2D eigenvalue weighted by Gasteiger charge is -2.23. The topological polar surface area (TPSA) is 60.8 Å². The predicted octanol–water partition coefficient (Wildman–Crippen LogP) is 2.22. The van der Waals surface area contributed by atoms with E-state index in [1.165, 1.54) is 5.56 Å². The number of nitrogens with zero attached hydrogens (tertiary/aromatic N) is 4. The molecule has 1 unspecified atom stereocenters. The Bertz CT molecular complexity index is 793. The fourth-order valence-electron chi connectivity index (χ4n) is 3.71. The van der Waals surface area contributed by atoms with E-state index in [0.29, 0.717) is 12.5 Å². The van der Waals surface area contributed by atoms with Crippen molar-refractivity contribution in [2.45, 2.75) is 19.3 Å². The number of aliphatic imine (C=N–C) groups is 1. The van der Waals surface area contributed by atoms with Crippen LogP contribution < -0.4 is 5.32 Å². The van der Waals surface area contributed by atoms with E-state index in [2.05, 4.69) is 50.5 Å². The smallest absolute Gasteiger partial charge is 0.241 e. The molecule has 1 amide bonds. The summed E-state index contributed by atoms with van der Waals surface area (Å²) in [6.45, 7) is 2.85. The Morgan fingerprint density at radius 3 is 2.76 bits per heavy atom. The van der Waals surface area contributed by atoms with Gasteiger partial charge in [0.1, 0.15) is 0 Å². The summed E-state index contributed by atoms with van der Waals surface area (Å²) in [5, 5.41) is 3.24. The molecule has 0 bridgehead atoms. The Balaban J connectivity index is 1.42. The van der Waals surface area contributed by atoms with Gasteiger partial charge in [0.25, 0.3) is 0 Å². The van der Waals surface area contributed by atoms with Crippen molar-refractivity contribution < 1.29 is 4.79 Å². The third kappa shape index (κ3) is 6.31. The van der Waals surface area contributed by atoms with Gasteiger partial charge in [0.2, 0.25) is 5.91 Å². The summed E-state index contributed by atoms with van der Waals surface area (Å²) < 4.78 is 0. The first-order chi connectivity index (χ1) is 14.2. The van der Waals surface area contributed by atoms with Gasteiger partial charge in [0, 0.05) is 52.0 Å². The van der Waals surface area contributed by atoms with Gasteiger partial charge in [0.05, 0.1) is 6.54 Å². The molecule has 1 aromatic heterocycles. The lowest BCUT2D eigenvalue weighted by atomic mass is 9.99. The number of hydrogen-bond donors (Lipinski definition) is 1. The van der Waals surface area contributed by atoms with Crippen LogP contribution in [0.15, 0.2) is 59.7 Å². The molecule has 1 N–H and O–H groups in total. The molecule has 29 heavy (non-hydrogen) atoms. The van der Waals surface area contributed by atoms with Crippen molar-refractivity contribution in [3.63, 3.8) is 0 Å². The van der Waals surface area contributed by atoms with Crippen molar-refractivity contribution in [1.82, 2.24) is 20.1 Å². The second-order valence-corrected chi connectivity index (χ2v) is 7.58. The molecule has 0 radical (unpaired) electrons. The van der Waals surface area contributed by atoms with Crippen LogP contribution in [0.3, 0.4) is 0 Å². The molecule has 3 rings (SSSR count). The van der Waals surface area contributed by atoms with Crippen LogP contribution >= 0.6 is 0 Å². The SMILES string of the molecule is CN=C(NCC(=O)N(C)CCc1ccccn1)N1CCC(Cc2ccccc2)C1. The van der Waals surface area contributed by atoms with E-state index in [4.69, 9.17) is 0 Å². The first kappa shape index (κ1) is 20.8. The average molecular weight is 394 g/mol. The molecule has 6 nitrogen and oxygen atoms in total. The lowest BCUT2D eigenvalue weighted by Crippen LogP contribution is -2.45. The zero-order valence-corrected chi connectivity index (χ0v) is 17.4. The minimum Gasteiger partial charge on any atom is -0.347 e. The van der Waals surface area contributed by atoms with E-state index in [1.807, 2.05) is 25.2 Å². The van der Waals surface area contributed by atoms with E-state index in [-0.39, 0.29) is 12.5 Å². The third-order valence-electron chi connectivity index (χ3n) is 5.42. The minimum atomic E-state index is 0.0575. The maximum Gasteiger partial charge on any atom is 0.241 e. The van der Waals surface area contributed by atoms with E-state index in [0.717, 1.165) is 44.0 Å². The molecule has 0 aliphatic carbocycles. The highest BCUT2D eigenvalue weighted by atomic mass is 16.2. The maximum atomic E-state index is 12.5. The summed E-state index contributed by atoms with van der Waals surface area (Å²) in [5.74, 6) is 1.49. The van der Waals surface area contributed by atoms with Gasteiger partial charge in [-0.2, -0.15) is 0 Å². The Labute approximate surface area is 173 Å². The second kappa shape index (κ2) is 10.6. The number of carbonyl (C=O) groups excluding carboxylic acids is 1. The van der Waals surface area contributed by atoms with Gasteiger partial charge in [-0.3, -0.25) is 14.8 Å². The van der Waals surface area contributed by atoms with Crippen molar-refractivity contribution >= 4 is 11.9 Å². The summed E-state index contributed by atoms with van der Waals surface area (Å²) >= 11 is 0. The van der Waals surface area contributed by atoms with Crippen LogP contribution in [0.25, 0.3) is 0 Å². The summed E-state index contributed by atoms with van der Waals surface area (Å²) in [7, 11) is 3.61. The van der Waals surface area contributed by atoms with Crippen LogP contribution in [0.2, 0.25) is 0 Å². The summed E-state index contributed by atoms with van der Waals surface area (Å²) in [5.41, 5.74) is 2.38. The standard InChI is InChI=1S/C23H31N5O/c1-24-23(28-15-11-20(18-28)16-19-8-4-3-5-9-19)26-17-22(29)27(2)14-12-21-10-6-7-13-25-21/h3-10,13,20H,11-12,14-18H2,1-2H3,(H,24,26). The van der Waals surface area contributed by atoms with Crippen molar-refractivity contribution in [2.24, 2.45) is 10.9 Å². The Kier molecular flexibility index (Phi) is 7.61. The van der Waals surface area contributed by atoms with Gasteiger partial charge in [-0.1, -0.05) is 36.4 Å². The highest BCUT2D eigenvalue weighted by Gasteiger charge is 2.25. The zero-order valence-electron chi connectivity index (χ0n) is 17.4. The van der Waals surface area contributed by atoms with Gasteiger partial charge >= 0.3 is 0 Å².